The van der Waals surface area contributed by atoms with Crippen molar-refractivity contribution in [3.63, 3.8) is 0 Å². The maximum Gasteiger partial charge on any atom is 0.258 e. The van der Waals surface area contributed by atoms with Gasteiger partial charge in [0.05, 0.1) is 17.1 Å². The Bertz CT molecular complexity index is 1760. The van der Waals surface area contributed by atoms with Crippen molar-refractivity contribution in [3.8, 4) is 5.75 Å². The number of hydrogen-bond donors (Lipinski definition) is 4. The number of carbonyl (C=O) groups is 2. The number of carbonyl (C=O) groups excluding carboxylic acids is 2. The minimum atomic E-state index is -3.16. The lowest BCUT2D eigenvalue weighted by atomic mass is 9.73. The van der Waals surface area contributed by atoms with Crippen LogP contribution >= 0.6 is 11.6 Å². The minimum absolute atomic E-state index is 0.0963. The molecule has 3 aromatic rings. The van der Waals surface area contributed by atoms with Gasteiger partial charge in [0, 0.05) is 29.3 Å². The first kappa shape index (κ1) is 46.2. The number of amides is 2. The molecule has 0 saturated carbocycles. The lowest BCUT2D eigenvalue weighted by Gasteiger charge is -2.40. The number of fused-ring (bicyclic) bond motifs is 1. The number of halogens is 1. The fourth-order valence-electron chi connectivity index (χ4n) is 6.42. The fourth-order valence-corrected chi connectivity index (χ4v) is 8.05. The maximum atomic E-state index is 13.2. The molecule has 4 N–H and O–H groups in total. The first-order valence-corrected chi connectivity index (χ1v) is 22.4. The molecule has 3 rings (SSSR count). The molecule has 0 bridgehead atoms. The van der Waals surface area contributed by atoms with Gasteiger partial charge in [0.25, 0.3) is 5.91 Å². The van der Waals surface area contributed by atoms with Crippen molar-refractivity contribution in [2.45, 2.75) is 168 Å². The zero-order valence-electron chi connectivity index (χ0n) is 34.7. The van der Waals surface area contributed by atoms with Crippen LogP contribution in [0.4, 0.5) is 5.69 Å². The van der Waals surface area contributed by atoms with Gasteiger partial charge in [0.2, 0.25) is 15.9 Å². The molecule has 0 saturated heterocycles. The number of rotatable bonds is 26. The number of benzene rings is 1. The Hall–Kier alpha value is -3.16. The number of hydrogen-bond acceptors (Lipinski definition) is 7. The molecule has 0 radical (unpaired) electrons. The van der Waals surface area contributed by atoms with Crippen molar-refractivity contribution >= 4 is 44.8 Å². The summed E-state index contributed by atoms with van der Waals surface area (Å²) in [7, 11) is -3.16. The number of anilines is 1. The molecule has 12 nitrogen and oxygen atoms in total. The zero-order chi connectivity index (χ0) is 40.7. The Balaban J connectivity index is 1.33. The second kappa shape index (κ2) is 21.4. The summed E-state index contributed by atoms with van der Waals surface area (Å²) in [5.74, 6) is 0.870. The molecule has 310 valence electrons. The van der Waals surface area contributed by atoms with Crippen LogP contribution in [0.25, 0.3) is 5.65 Å². The van der Waals surface area contributed by atoms with Crippen molar-refractivity contribution < 1.29 is 22.7 Å². The van der Waals surface area contributed by atoms with Gasteiger partial charge in [-0.25, -0.2) is 17.7 Å². The number of H-pyrrole nitrogens is 1. The third-order valence-electron chi connectivity index (χ3n) is 10.6. The molecule has 1 aromatic carbocycles. The van der Waals surface area contributed by atoms with Gasteiger partial charge >= 0.3 is 0 Å². The van der Waals surface area contributed by atoms with Gasteiger partial charge in [-0.1, -0.05) is 136 Å². The highest BCUT2D eigenvalue weighted by atomic mass is 35.5. The second-order valence-corrected chi connectivity index (χ2v) is 19.2. The predicted octanol–water partition coefficient (Wildman–Crippen LogP) is 8.99. The molecule has 14 heteroatoms. The van der Waals surface area contributed by atoms with Gasteiger partial charge in [0.15, 0.2) is 18.1 Å². The normalized spacial score (nSPS) is 12.7. The van der Waals surface area contributed by atoms with Crippen LogP contribution in [0.5, 0.6) is 5.75 Å². The summed E-state index contributed by atoms with van der Waals surface area (Å²) in [5.41, 5.74) is 0.262. The Labute approximate surface area is 335 Å². The molecule has 2 heterocycles. The summed E-state index contributed by atoms with van der Waals surface area (Å²) in [6.45, 7) is 16.5. The number of aromatic amines is 1. The van der Waals surface area contributed by atoms with E-state index in [1.165, 1.54) is 19.3 Å². The van der Waals surface area contributed by atoms with Gasteiger partial charge in [0.1, 0.15) is 10.8 Å². The Kier molecular flexibility index (Phi) is 18.0. The quantitative estimate of drug-likeness (QED) is 0.0590. The van der Waals surface area contributed by atoms with Crippen molar-refractivity contribution in [1.29, 1.82) is 0 Å². The minimum Gasteiger partial charge on any atom is -0.482 e. The van der Waals surface area contributed by atoms with Crippen LogP contribution < -0.4 is 20.1 Å². The van der Waals surface area contributed by atoms with Crippen LogP contribution in [0.3, 0.4) is 0 Å². The van der Waals surface area contributed by atoms with E-state index in [-0.39, 0.29) is 29.6 Å². The van der Waals surface area contributed by atoms with Gasteiger partial charge < -0.3 is 15.4 Å². The first-order valence-electron chi connectivity index (χ1n) is 20.3. The number of para-hydroxylation sites is 2. The SMILES string of the molecule is CCCCCCCCS(=O)(=O)NCCCCCCCCCCC(=O)Nc1ccccc1OCC(=O)NC(C)(C)C(C)(C)c1nnc2c(Cl)c(C(C)(C)C)[nH]n12. The highest BCUT2D eigenvalue weighted by Crippen LogP contribution is 2.37. The molecule has 2 aromatic heterocycles. The summed E-state index contributed by atoms with van der Waals surface area (Å²) < 4.78 is 34.8. The average molecular weight is 807 g/mol. The molecular formula is C41H68ClN7O5S. The van der Waals surface area contributed by atoms with Gasteiger partial charge in [-0.3, -0.25) is 14.7 Å². The maximum absolute atomic E-state index is 13.2. The van der Waals surface area contributed by atoms with Crippen LogP contribution in [0.15, 0.2) is 24.3 Å². The zero-order valence-corrected chi connectivity index (χ0v) is 36.3. The van der Waals surface area contributed by atoms with Crippen molar-refractivity contribution in [2.24, 2.45) is 0 Å². The van der Waals surface area contributed by atoms with Gasteiger partial charge in [-0.05, 0) is 45.2 Å². The Morgan fingerprint density at radius 1 is 0.818 bits per heavy atom. The standard InChI is InChI=1S/C41H68ClN7O5S/c1-9-10-11-12-19-24-29-55(52,53)43-28-23-18-16-14-13-15-17-20-27-33(50)44-31-25-21-22-26-32(31)54-30-34(51)45-41(7,8)40(5,6)38-47-46-37-35(42)36(39(2,3)4)48-49(37)38/h21-22,25-26,43,48H,9-20,23-24,27-30H2,1-8H3,(H,44,50)(H,45,51). The van der Waals surface area contributed by atoms with E-state index in [2.05, 4.69) is 58.3 Å². The monoisotopic (exact) mass is 805 g/mol. The van der Waals surface area contributed by atoms with Crippen LogP contribution in [-0.4, -0.2) is 64.5 Å². The summed E-state index contributed by atoms with van der Waals surface area (Å²) >= 11 is 6.66. The largest absolute Gasteiger partial charge is 0.482 e. The third kappa shape index (κ3) is 14.4. The fraction of sp³-hybridized carbons (Fsp3) is 0.707. The van der Waals surface area contributed by atoms with Crippen LogP contribution in [0, 0.1) is 0 Å². The van der Waals surface area contributed by atoms with E-state index in [0.717, 1.165) is 76.3 Å². The molecule has 0 spiro atoms. The first-order chi connectivity index (χ1) is 25.9. The molecule has 0 unspecified atom stereocenters. The number of unbranched alkanes of at least 4 members (excludes halogenated alkanes) is 12. The van der Waals surface area contributed by atoms with Gasteiger partial charge in [-0.15, -0.1) is 10.2 Å². The summed E-state index contributed by atoms with van der Waals surface area (Å²) in [5, 5.41) is 18.7. The van der Waals surface area contributed by atoms with E-state index >= 15 is 0 Å². The van der Waals surface area contributed by atoms with Crippen molar-refractivity contribution in [2.75, 3.05) is 24.2 Å². The summed E-state index contributed by atoms with van der Waals surface area (Å²) in [4.78, 5) is 26.0. The molecular weight excluding hydrogens is 738 g/mol. The smallest absolute Gasteiger partial charge is 0.258 e. The lowest BCUT2D eigenvalue weighted by molar-refractivity contribution is -0.125. The molecule has 0 aliphatic rings. The van der Waals surface area contributed by atoms with Crippen LogP contribution in [0.2, 0.25) is 5.02 Å². The number of nitrogens with zero attached hydrogens (tertiary/aromatic N) is 3. The van der Waals surface area contributed by atoms with E-state index in [9.17, 15) is 18.0 Å². The van der Waals surface area contributed by atoms with E-state index in [1.807, 2.05) is 33.8 Å². The van der Waals surface area contributed by atoms with E-state index in [4.69, 9.17) is 16.3 Å². The van der Waals surface area contributed by atoms with Crippen molar-refractivity contribution in [3.05, 3.63) is 40.8 Å². The van der Waals surface area contributed by atoms with E-state index in [0.29, 0.717) is 40.9 Å². The highest BCUT2D eigenvalue weighted by molar-refractivity contribution is 7.89. The number of aromatic nitrogens is 4. The highest BCUT2D eigenvalue weighted by Gasteiger charge is 2.44. The molecule has 0 atom stereocenters. The third-order valence-corrected chi connectivity index (χ3v) is 12.4. The summed E-state index contributed by atoms with van der Waals surface area (Å²) in [6, 6.07) is 7.12. The summed E-state index contributed by atoms with van der Waals surface area (Å²) in [6.07, 6.45) is 14.8. The van der Waals surface area contributed by atoms with Crippen LogP contribution in [0.1, 0.15) is 163 Å². The number of ether oxygens (including phenoxy) is 1. The second-order valence-electron chi connectivity index (χ2n) is 16.9. The Morgan fingerprint density at radius 2 is 1.42 bits per heavy atom. The molecule has 0 aliphatic heterocycles. The van der Waals surface area contributed by atoms with Crippen LogP contribution in [-0.2, 0) is 30.4 Å². The molecule has 0 fully saturated rings. The molecule has 55 heavy (non-hydrogen) atoms. The van der Waals surface area contributed by atoms with E-state index < -0.39 is 21.0 Å². The lowest BCUT2D eigenvalue weighted by Crippen LogP contribution is -2.57. The predicted molar refractivity (Wildman–Crippen MR) is 224 cm³/mol. The average Bonchev–Trinajstić information content (AvgIpc) is 3.68. The van der Waals surface area contributed by atoms with Gasteiger partial charge in [-0.2, -0.15) is 0 Å². The topological polar surface area (TPSA) is 160 Å². The Morgan fingerprint density at radius 3 is 2.07 bits per heavy atom. The van der Waals surface area contributed by atoms with E-state index in [1.54, 1.807) is 22.7 Å². The van der Waals surface area contributed by atoms with Crippen molar-refractivity contribution in [1.82, 2.24) is 29.9 Å². The number of nitrogens with one attached hydrogen (secondary N) is 4. The number of sulfonamides is 1. The molecule has 2 amide bonds. The molecule has 0 aliphatic carbocycles.